The quantitative estimate of drug-likeness (QED) is 0.280. The van der Waals surface area contributed by atoms with Gasteiger partial charge in [-0.3, -0.25) is 0 Å². The Morgan fingerprint density at radius 2 is 1.09 bits per heavy atom. The fraction of sp³-hybridized carbons (Fsp3) is 0.429. The first kappa shape index (κ1) is 27.8. The molecule has 174 valence electrons. The largest absolute Gasteiger partial charge is 0.147 e. The van der Waals surface area contributed by atoms with Crippen LogP contribution in [0.4, 0.5) is 0 Å². The summed E-state index contributed by atoms with van der Waals surface area (Å²) in [5.74, 6) is 1.26. The maximum atomic E-state index is 2.74. The molecule has 0 aliphatic heterocycles. The average Bonchev–Trinajstić information content (AvgIpc) is 3.34. The molecule has 0 bridgehead atoms. The molecule has 0 nitrogen and oxygen atoms in total. The normalized spacial score (nSPS) is 20.7. The topological polar surface area (TPSA) is 0 Å². The predicted molar refractivity (Wildman–Crippen MR) is 149 cm³/mol. The van der Waals surface area contributed by atoms with E-state index in [2.05, 4.69) is 103 Å². The molecule has 2 aliphatic rings. The second kappa shape index (κ2) is 10.9. The molecule has 4 unspecified atom stereocenters. The Balaban J connectivity index is 0.00000181. The van der Waals surface area contributed by atoms with E-state index in [0.717, 1.165) is 7.25 Å². The van der Waals surface area contributed by atoms with E-state index in [9.17, 15) is 0 Å². The summed E-state index contributed by atoms with van der Waals surface area (Å²) in [5, 5.41) is 0. The van der Waals surface area contributed by atoms with E-state index >= 15 is 0 Å². The maximum absolute atomic E-state index is 2.76. The number of benzene rings is 2. The molecular formula is C28H40Cl2SiZr. The third-order valence-corrected chi connectivity index (χ3v) is 34.4. The first-order valence-electron chi connectivity index (χ1n) is 11.9. The first-order valence-corrected chi connectivity index (χ1v) is 25.5. The average molecular weight is 567 g/mol. The van der Waals surface area contributed by atoms with Gasteiger partial charge in [0.25, 0.3) is 0 Å². The zero-order valence-corrected chi connectivity index (χ0v) is 25.6. The summed E-state index contributed by atoms with van der Waals surface area (Å²) in [6.45, 7) is 7.65. The molecular weight excluding hydrogens is 527 g/mol. The summed E-state index contributed by atoms with van der Waals surface area (Å²) in [6, 6.07) is 17.9. The van der Waals surface area contributed by atoms with Crippen molar-refractivity contribution in [1.29, 1.82) is 0 Å². The van der Waals surface area contributed by atoms with Gasteiger partial charge in [-0.2, -0.15) is 0 Å². The standard InChI is InChI=1S/2C13H15.2CH3.2ClH.H2Si.Zr/c2*1-2-3-6-11-9-10-12-7-4-5-8-13(11)12;;;;;;/h2*2,4-5,7-11H,3,6H2,1H3;2*1H3;2*1H;1H2;. The second-order valence-electron chi connectivity index (χ2n) is 11.1. The fourth-order valence-corrected chi connectivity index (χ4v) is 15.7. The zero-order chi connectivity index (χ0) is 21.4. The van der Waals surface area contributed by atoms with Gasteiger partial charge in [0.05, 0.1) is 0 Å². The van der Waals surface area contributed by atoms with E-state index in [0.29, 0.717) is 11.8 Å². The Hall–Kier alpha value is -0.400. The summed E-state index contributed by atoms with van der Waals surface area (Å²) < 4.78 is 7.28. The fourth-order valence-electron chi connectivity index (χ4n) is 5.44. The molecule has 0 saturated heterocycles. The van der Waals surface area contributed by atoms with Crippen molar-refractivity contribution in [2.75, 3.05) is 0 Å². The second-order valence-corrected chi connectivity index (χ2v) is 43.6. The number of halogens is 2. The molecule has 4 rings (SSSR count). The molecule has 32 heavy (non-hydrogen) atoms. The van der Waals surface area contributed by atoms with Gasteiger partial charge in [-0.25, -0.2) is 0 Å². The van der Waals surface area contributed by atoms with Crippen LogP contribution in [0.25, 0.3) is 12.2 Å². The van der Waals surface area contributed by atoms with Gasteiger partial charge in [-0.15, -0.1) is 24.8 Å². The summed E-state index contributed by atoms with van der Waals surface area (Å²) in [4.78, 5) is 0. The summed E-state index contributed by atoms with van der Waals surface area (Å²) in [6.07, 6.45) is 14.9. The van der Waals surface area contributed by atoms with Crippen LogP contribution in [-0.2, 0) is 17.4 Å². The molecule has 2 aliphatic carbocycles. The van der Waals surface area contributed by atoms with Crippen molar-refractivity contribution >= 4 is 43.8 Å². The Labute approximate surface area is 210 Å². The molecule has 4 atom stereocenters. The Bertz CT molecular complexity index is 971. The molecule has 2 aromatic rings. The van der Waals surface area contributed by atoms with Crippen molar-refractivity contribution in [3.05, 3.63) is 82.9 Å². The van der Waals surface area contributed by atoms with Crippen LogP contribution in [0.15, 0.2) is 60.7 Å². The summed E-state index contributed by atoms with van der Waals surface area (Å²) in [7, 11) is 0. The third-order valence-electron chi connectivity index (χ3n) is 8.87. The molecule has 0 saturated carbocycles. The van der Waals surface area contributed by atoms with Crippen molar-refractivity contribution in [2.24, 2.45) is 0 Å². The van der Waals surface area contributed by atoms with Gasteiger partial charge in [-0.05, 0) is 0 Å². The number of rotatable bonds is 8. The monoisotopic (exact) mass is 564 g/mol. The van der Waals surface area contributed by atoms with E-state index in [1.165, 1.54) is 36.8 Å². The van der Waals surface area contributed by atoms with Crippen molar-refractivity contribution in [3.63, 3.8) is 0 Å². The van der Waals surface area contributed by atoms with Crippen LogP contribution < -0.4 is 0 Å². The van der Waals surface area contributed by atoms with Crippen LogP contribution in [0.5, 0.6) is 0 Å². The molecule has 0 aromatic heterocycles. The number of allylic oxidation sites excluding steroid dienone is 2. The van der Waals surface area contributed by atoms with Gasteiger partial charge in [0.2, 0.25) is 0 Å². The molecule has 0 heterocycles. The summed E-state index contributed by atoms with van der Waals surface area (Å²) >= 11 is -2.76. The van der Waals surface area contributed by atoms with Crippen molar-refractivity contribution in [3.8, 4) is 0 Å². The summed E-state index contributed by atoms with van der Waals surface area (Å²) in [5.41, 5.74) is 5.96. The number of hydrogen-bond donors (Lipinski definition) is 0. The molecule has 0 spiro atoms. The molecule has 2 aromatic carbocycles. The van der Waals surface area contributed by atoms with Gasteiger partial charge in [0.15, 0.2) is 0 Å². The van der Waals surface area contributed by atoms with Gasteiger partial charge < -0.3 is 0 Å². The van der Waals surface area contributed by atoms with Gasteiger partial charge >= 0.3 is 187 Å². The van der Waals surface area contributed by atoms with E-state index in [4.69, 9.17) is 0 Å². The number of hydrogen-bond acceptors (Lipinski definition) is 0. The molecule has 0 N–H and O–H groups in total. The van der Waals surface area contributed by atoms with Crippen LogP contribution in [0.1, 0.15) is 73.6 Å². The Kier molecular flexibility index (Phi) is 9.48. The Morgan fingerprint density at radius 3 is 1.50 bits per heavy atom. The van der Waals surface area contributed by atoms with E-state index in [1.807, 2.05) is 0 Å². The van der Waals surface area contributed by atoms with Crippen LogP contribution >= 0.6 is 24.8 Å². The molecule has 0 radical (unpaired) electrons. The van der Waals surface area contributed by atoms with Crippen molar-refractivity contribution in [2.45, 2.75) is 67.9 Å². The predicted octanol–water partition coefficient (Wildman–Crippen LogP) is 8.96. The molecule has 0 fully saturated rings. The van der Waals surface area contributed by atoms with Crippen LogP contribution in [0.3, 0.4) is 0 Å². The van der Waals surface area contributed by atoms with E-state index < -0.39 is 17.4 Å². The zero-order valence-electron chi connectivity index (χ0n) is 20.1. The van der Waals surface area contributed by atoms with Crippen molar-refractivity contribution < 1.29 is 17.4 Å². The number of fused-ring (bicyclic) bond motifs is 2. The smallest absolute Gasteiger partial charge is 0.147 e. The Morgan fingerprint density at radius 1 is 0.719 bits per heavy atom. The van der Waals surface area contributed by atoms with Gasteiger partial charge in [0, 0.05) is 0 Å². The minimum absolute atomic E-state index is 0. The van der Waals surface area contributed by atoms with Crippen LogP contribution in [0.2, 0.25) is 16.5 Å². The van der Waals surface area contributed by atoms with E-state index in [1.54, 1.807) is 11.1 Å². The van der Waals surface area contributed by atoms with Gasteiger partial charge in [-0.1, -0.05) is 0 Å². The molecule has 4 heteroatoms. The minimum atomic E-state index is -2.76. The third kappa shape index (κ3) is 5.63. The van der Waals surface area contributed by atoms with E-state index in [-0.39, 0.29) is 24.8 Å². The maximum Gasteiger partial charge on any atom is -0.147 e. The van der Waals surface area contributed by atoms with Crippen LogP contribution in [0, 0.1) is 0 Å². The molecule has 0 amide bonds. The SMILES string of the molecule is C[CH](CCC1C=Cc2ccccc21)[Zr]([CH3])([CH3])(=[SiH2])[CH](C)CCC1C=Cc2ccccc21.Cl.Cl. The van der Waals surface area contributed by atoms with Crippen molar-refractivity contribution in [1.82, 2.24) is 0 Å². The van der Waals surface area contributed by atoms with Gasteiger partial charge in [0.1, 0.15) is 0 Å². The van der Waals surface area contributed by atoms with Crippen LogP contribution in [-0.4, -0.2) is 6.88 Å². The first-order chi connectivity index (χ1) is 14.2. The minimum Gasteiger partial charge on any atom is -0.147 e.